The van der Waals surface area contributed by atoms with Gasteiger partial charge < -0.3 is 21.7 Å². The zero-order valence-corrected chi connectivity index (χ0v) is 19.8. The standard InChI is InChI=1S/C22H36N6O3S/c1-15-8-11-28(12-9-15)21(29)18(6-4-10-25-22(23)24)27-32(30,31)19-7-3-5-17-13-16(2)14-26-20(17)19/h3,5,7,15-16,18,26-27H,4,6,8-14H2,1-2H3,(H4,23,24,25)/t16?,18-/m0/s1. The van der Waals surface area contributed by atoms with Gasteiger partial charge in [0.1, 0.15) is 10.9 Å². The van der Waals surface area contributed by atoms with Crippen LogP contribution in [0.5, 0.6) is 0 Å². The van der Waals surface area contributed by atoms with Crippen molar-refractivity contribution in [3.63, 3.8) is 0 Å². The first kappa shape index (κ1) is 24.3. The van der Waals surface area contributed by atoms with E-state index in [1.807, 2.05) is 6.07 Å². The van der Waals surface area contributed by atoms with Gasteiger partial charge in [-0.3, -0.25) is 9.79 Å². The number of para-hydroxylation sites is 1. The second-order valence-electron chi connectivity index (χ2n) is 9.11. The first-order valence-electron chi connectivity index (χ1n) is 11.4. The average molecular weight is 465 g/mol. The lowest BCUT2D eigenvalue weighted by Crippen LogP contribution is -2.50. The Morgan fingerprint density at radius 2 is 1.97 bits per heavy atom. The van der Waals surface area contributed by atoms with E-state index in [0.717, 1.165) is 24.8 Å². The van der Waals surface area contributed by atoms with Crippen LogP contribution in [0, 0.1) is 11.8 Å². The lowest BCUT2D eigenvalue weighted by atomic mass is 9.96. The maximum atomic E-state index is 13.4. The Balaban J connectivity index is 1.80. The van der Waals surface area contributed by atoms with E-state index in [0.29, 0.717) is 56.5 Å². The Morgan fingerprint density at radius 1 is 1.25 bits per heavy atom. The molecule has 2 heterocycles. The number of nitrogens with zero attached hydrogens (tertiary/aromatic N) is 2. The van der Waals surface area contributed by atoms with Crippen LogP contribution >= 0.6 is 0 Å². The van der Waals surface area contributed by atoms with E-state index in [2.05, 4.69) is 28.9 Å². The van der Waals surface area contributed by atoms with Crippen LogP contribution in [0.4, 0.5) is 5.69 Å². The average Bonchev–Trinajstić information content (AvgIpc) is 2.75. The summed E-state index contributed by atoms with van der Waals surface area (Å²) in [5, 5.41) is 3.26. The van der Waals surface area contributed by atoms with E-state index >= 15 is 0 Å². The molecule has 6 N–H and O–H groups in total. The van der Waals surface area contributed by atoms with Gasteiger partial charge in [-0.15, -0.1) is 0 Å². The summed E-state index contributed by atoms with van der Waals surface area (Å²) in [4.78, 5) is 19.2. The number of hydrogen-bond donors (Lipinski definition) is 4. The van der Waals surface area contributed by atoms with E-state index in [1.165, 1.54) is 0 Å². The Hall–Kier alpha value is -2.33. The zero-order chi connectivity index (χ0) is 23.3. The Morgan fingerprint density at radius 3 is 2.66 bits per heavy atom. The SMILES string of the molecule is CC1CCN(C(=O)[C@H](CCCN=C(N)N)NS(=O)(=O)c2cccc3c2NCC(C)C3)CC1. The number of anilines is 1. The third-order valence-electron chi connectivity index (χ3n) is 6.23. The number of sulfonamides is 1. The van der Waals surface area contributed by atoms with Gasteiger partial charge in [-0.2, -0.15) is 4.72 Å². The van der Waals surface area contributed by atoms with Crippen LogP contribution in [0.15, 0.2) is 28.1 Å². The quantitative estimate of drug-likeness (QED) is 0.259. The monoisotopic (exact) mass is 464 g/mol. The first-order chi connectivity index (χ1) is 15.2. The number of carbonyl (C=O) groups excluding carboxylic acids is 1. The number of nitrogens with two attached hydrogens (primary N) is 2. The second-order valence-corrected chi connectivity index (χ2v) is 10.8. The van der Waals surface area contributed by atoms with Gasteiger partial charge in [0.05, 0.1) is 5.69 Å². The highest BCUT2D eigenvalue weighted by Crippen LogP contribution is 2.31. The number of piperidine rings is 1. The molecule has 2 aliphatic rings. The molecule has 32 heavy (non-hydrogen) atoms. The molecular weight excluding hydrogens is 428 g/mol. The number of hydrogen-bond acceptors (Lipinski definition) is 5. The highest BCUT2D eigenvalue weighted by atomic mass is 32.2. The Kier molecular flexibility index (Phi) is 8.00. The van der Waals surface area contributed by atoms with Crippen molar-refractivity contribution in [2.45, 2.75) is 56.9 Å². The minimum absolute atomic E-state index is 0.0188. The number of aliphatic imine (C=N–C) groups is 1. The number of amides is 1. The van der Waals surface area contributed by atoms with Crippen molar-refractivity contribution in [1.82, 2.24) is 9.62 Å². The van der Waals surface area contributed by atoms with Crippen LogP contribution in [0.25, 0.3) is 0 Å². The van der Waals surface area contributed by atoms with Crippen LogP contribution in [0.2, 0.25) is 0 Å². The van der Waals surface area contributed by atoms with E-state index in [4.69, 9.17) is 11.5 Å². The highest BCUT2D eigenvalue weighted by Gasteiger charge is 2.32. The number of fused-ring (bicyclic) bond motifs is 1. The molecule has 10 heteroatoms. The van der Waals surface area contributed by atoms with Crippen LogP contribution in [-0.2, 0) is 21.2 Å². The predicted octanol–water partition coefficient (Wildman–Crippen LogP) is 1.25. The summed E-state index contributed by atoms with van der Waals surface area (Å²) in [5.41, 5.74) is 12.4. The van der Waals surface area contributed by atoms with E-state index in [-0.39, 0.29) is 16.8 Å². The second kappa shape index (κ2) is 10.5. The van der Waals surface area contributed by atoms with Gasteiger partial charge in [0.2, 0.25) is 15.9 Å². The van der Waals surface area contributed by atoms with Crippen molar-refractivity contribution in [3.8, 4) is 0 Å². The van der Waals surface area contributed by atoms with E-state index in [1.54, 1.807) is 17.0 Å². The molecule has 0 bridgehead atoms. The van der Waals surface area contributed by atoms with Crippen LogP contribution < -0.4 is 21.5 Å². The molecule has 2 atom stereocenters. The van der Waals surface area contributed by atoms with Gasteiger partial charge >= 0.3 is 0 Å². The summed E-state index contributed by atoms with van der Waals surface area (Å²) in [7, 11) is -3.91. The highest BCUT2D eigenvalue weighted by molar-refractivity contribution is 7.89. The Bertz CT molecular complexity index is 937. The molecule has 1 fully saturated rings. The minimum atomic E-state index is -3.91. The fraction of sp³-hybridized carbons (Fsp3) is 0.636. The molecule has 0 aromatic heterocycles. The van der Waals surface area contributed by atoms with Gasteiger partial charge in [0.15, 0.2) is 5.96 Å². The van der Waals surface area contributed by atoms with Gasteiger partial charge in [-0.05, 0) is 55.6 Å². The summed E-state index contributed by atoms with van der Waals surface area (Å²) in [6.45, 7) is 6.64. The molecule has 0 radical (unpaired) electrons. The molecule has 3 rings (SSSR count). The lowest BCUT2D eigenvalue weighted by Gasteiger charge is -2.33. The van der Waals surface area contributed by atoms with Crippen LogP contribution in [0.1, 0.15) is 45.1 Å². The zero-order valence-electron chi connectivity index (χ0n) is 19.0. The number of likely N-dealkylation sites (tertiary alicyclic amines) is 1. The minimum Gasteiger partial charge on any atom is -0.383 e. The molecular formula is C22H36N6O3S. The lowest BCUT2D eigenvalue weighted by molar-refractivity contribution is -0.134. The van der Waals surface area contributed by atoms with Crippen molar-refractivity contribution in [3.05, 3.63) is 23.8 Å². The van der Waals surface area contributed by atoms with Crippen molar-refractivity contribution < 1.29 is 13.2 Å². The van der Waals surface area contributed by atoms with Crippen LogP contribution in [-0.4, -0.2) is 57.4 Å². The smallest absolute Gasteiger partial charge is 0.243 e. The van der Waals surface area contributed by atoms with Crippen molar-refractivity contribution >= 4 is 27.6 Å². The van der Waals surface area contributed by atoms with E-state index in [9.17, 15) is 13.2 Å². The van der Waals surface area contributed by atoms with Crippen LogP contribution in [0.3, 0.4) is 0 Å². The summed E-state index contributed by atoms with van der Waals surface area (Å²) >= 11 is 0. The molecule has 1 saturated heterocycles. The molecule has 0 saturated carbocycles. The topological polar surface area (TPSA) is 143 Å². The van der Waals surface area contributed by atoms with Gasteiger partial charge in [0.25, 0.3) is 0 Å². The van der Waals surface area contributed by atoms with Crippen molar-refractivity contribution in [2.24, 2.45) is 28.3 Å². The molecule has 0 aliphatic carbocycles. The number of nitrogens with one attached hydrogen (secondary N) is 2. The first-order valence-corrected chi connectivity index (χ1v) is 12.9. The molecule has 1 unspecified atom stereocenters. The summed E-state index contributed by atoms with van der Waals surface area (Å²) < 4.78 is 29.5. The maximum Gasteiger partial charge on any atom is 0.243 e. The molecule has 1 aromatic carbocycles. The maximum absolute atomic E-state index is 13.4. The number of guanidine groups is 1. The number of benzene rings is 1. The molecule has 1 amide bonds. The fourth-order valence-electron chi connectivity index (χ4n) is 4.33. The largest absolute Gasteiger partial charge is 0.383 e. The van der Waals surface area contributed by atoms with E-state index < -0.39 is 16.1 Å². The fourth-order valence-corrected chi connectivity index (χ4v) is 5.78. The molecule has 2 aliphatic heterocycles. The molecule has 0 spiro atoms. The van der Waals surface area contributed by atoms with Gasteiger partial charge in [-0.25, -0.2) is 8.42 Å². The normalized spacial score (nSPS) is 20.2. The third-order valence-corrected chi connectivity index (χ3v) is 7.75. The summed E-state index contributed by atoms with van der Waals surface area (Å²) in [5.74, 6) is 0.798. The molecule has 9 nitrogen and oxygen atoms in total. The van der Waals surface area contributed by atoms with Crippen molar-refractivity contribution in [2.75, 3.05) is 31.5 Å². The Labute approximate surface area is 191 Å². The number of carbonyl (C=O) groups is 1. The van der Waals surface area contributed by atoms with Gasteiger partial charge in [-0.1, -0.05) is 26.0 Å². The molecule has 1 aromatic rings. The third kappa shape index (κ3) is 6.13. The summed E-state index contributed by atoms with van der Waals surface area (Å²) in [6, 6.07) is 4.44. The number of rotatable bonds is 8. The molecule has 178 valence electrons. The summed E-state index contributed by atoms with van der Waals surface area (Å²) in [6.07, 6.45) is 3.48. The van der Waals surface area contributed by atoms with Crippen molar-refractivity contribution in [1.29, 1.82) is 0 Å². The van der Waals surface area contributed by atoms with Gasteiger partial charge in [0, 0.05) is 26.2 Å². The predicted molar refractivity (Wildman–Crippen MR) is 127 cm³/mol.